The minimum Gasteiger partial charge on any atom is -0.379 e. The third-order valence-electron chi connectivity index (χ3n) is 4.43. The first-order valence-electron chi connectivity index (χ1n) is 8.50. The zero-order valence-corrected chi connectivity index (χ0v) is 18.9. The molecule has 1 saturated heterocycles. The second kappa shape index (κ2) is 8.64. The van der Waals surface area contributed by atoms with E-state index in [1.54, 1.807) is 23.6 Å². The number of benzene rings is 1. The van der Waals surface area contributed by atoms with E-state index in [2.05, 4.69) is 53.7 Å². The lowest BCUT2D eigenvalue weighted by Crippen LogP contribution is -2.42. The van der Waals surface area contributed by atoms with Gasteiger partial charge in [0.2, 0.25) is 0 Å². The Morgan fingerprint density at radius 2 is 2.19 bits per heavy atom. The van der Waals surface area contributed by atoms with Gasteiger partial charge < -0.3 is 10.1 Å². The average molecular weight is 563 g/mol. The Balaban J connectivity index is 1.71. The second-order valence-electron chi connectivity index (χ2n) is 6.22. The van der Waals surface area contributed by atoms with Crippen molar-refractivity contribution in [2.75, 3.05) is 32.8 Å². The molecule has 5 nitrogen and oxygen atoms in total. The molecule has 3 heterocycles. The Bertz CT molecular complexity index is 883. The number of halogens is 3. The summed E-state index contributed by atoms with van der Waals surface area (Å²) in [5.41, 5.74) is 2.05. The molecule has 1 atom stereocenters. The van der Waals surface area contributed by atoms with Crippen molar-refractivity contribution in [3.8, 4) is 0 Å². The Morgan fingerprint density at radius 1 is 1.37 bits per heavy atom. The number of morpholine rings is 1. The van der Waals surface area contributed by atoms with E-state index in [0.29, 0.717) is 0 Å². The minimum absolute atomic E-state index is 0.197. The van der Waals surface area contributed by atoms with Crippen LogP contribution in [0.1, 0.15) is 16.6 Å². The average Bonchev–Trinajstić information content (AvgIpc) is 3.19. The third kappa shape index (κ3) is 4.42. The van der Waals surface area contributed by atoms with Crippen molar-refractivity contribution in [2.24, 2.45) is 4.99 Å². The predicted molar refractivity (Wildman–Crippen MR) is 117 cm³/mol. The molecule has 2 aromatic rings. The van der Waals surface area contributed by atoms with Gasteiger partial charge in [0.1, 0.15) is 11.9 Å². The highest BCUT2D eigenvalue weighted by Gasteiger charge is 2.28. The van der Waals surface area contributed by atoms with Crippen LogP contribution >= 0.6 is 49.9 Å². The summed E-state index contributed by atoms with van der Waals surface area (Å²) < 4.78 is 20.9. The quantitative estimate of drug-likeness (QED) is 0.570. The number of hydrogen-bond donors (Lipinski definition) is 1. The van der Waals surface area contributed by atoms with E-state index in [9.17, 15) is 4.39 Å². The lowest BCUT2D eigenvalue weighted by atomic mass is 10.0. The molecule has 0 saturated carbocycles. The summed E-state index contributed by atoms with van der Waals surface area (Å²) in [4.78, 5) is 11.7. The van der Waals surface area contributed by atoms with Crippen LogP contribution in [0.5, 0.6) is 0 Å². The van der Waals surface area contributed by atoms with Crippen LogP contribution in [-0.4, -0.2) is 48.6 Å². The second-order valence-corrected chi connectivity index (χ2v) is 9.13. The highest BCUT2D eigenvalue weighted by Crippen LogP contribution is 2.39. The van der Waals surface area contributed by atoms with Crippen molar-refractivity contribution in [2.45, 2.75) is 6.04 Å². The van der Waals surface area contributed by atoms with Crippen LogP contribution in [0.3, 0.4) is 0 Å². The summed E-state index contributed by atoms with van der Waals surface area (Å²) in [5.74, 6) is 0.492. The number of thiazole rings is 1. The Morgan fingerprint density at radius 3 is 2.89 bits per heavy atom. The molecule has 1 aromatic heterocycles. The molecule has 1 N–H and O–H groups in total. The van der Waals surface area contributed by atoms with Gasteiger partial charge in [-0.2, -0.15) is 0 Å². The summed E-state index contributed by atoms with van der Waals surface area (Å²) in [6.07, 6.45) is 1.78. The predicted octanol–water partition coefficient (Wildman–Crippen LogP) is 4.11. The highest BCUT2D eigenvalue weighted by atomic mass is 127. The molecule has 4 rings (SSSR count). The number of ether oxygens (including phenoxy) is 1. The van der Waals surface area contributed by atoms with Crippen LogP contribution in [-0.2, 0) is 4.74 Å². The van der Waals surface area contributed by atoms with Gasteiger partial charge in [-0.3, -0.25) is 9.89 Å². The van der Waals surface area contributed by atoms with Gasteiger partial charge >= 0.3 is 0 Å². The van der Waals surface area contributed by atoms with Gasteiger partial charge in [-0.05, 0) is 40.3 Å². The molecule has 1 aromatic carbocycles. The Kier molecular flexibility index (Phi) is 6.22. The monoisotopic (exact) mass is 562 g/mol. The van der Waals surface area contributed by atoms with Crippen molar-refractivity contribution in [1.82, 2.24) is 15.2 Å². The molecule has 0 amide bonds. The zero-order valence-electron chi connectivity index (χ0n) is 14.3. The Labute approximate surface area is 183 Å². The van der Waals surface area contributed by atoms with Gasteiger partial charge in [0.25, 0.3) is 0 Å². The summed E-state index contributed by atoms with van der Waals surface area (Å²) in [6.45, 7) is 4.11. The van der Waals surface area contributed by atoms with Crippen LogP contribution < -0.4 is 5.32 Å². The zero-order chi connectivity index (χ0) is 18.8. The number of aromatic nitrogens is 1. The first kappa shape index (κ1) is 19.4. The highest BCUT2D eigenvalue weighted by molar-refractivity contribution is 14.1. The van der Waals surface area contributed by atoms with Crippen molar-refractivity contribution >= 4 is 55.7 Å². The molecule has 142 valence electrons. The van der Waals surface area contributed by atoms with Crippen LogP contribution in [0, 0.1) is 5.82 Å². The summed E-state index contributed by atoms with van der Waals surface area (Å²) >= 11 is 7.40. The van der Waals surface area contributed by atoms with Gasteiger partial charge in [-0.25, -0.2) is 9.37 Å². The molecule has 2 aliphatic rings. The number of hydrogen-bond acceptors (Lipinski definition) is 6. The molecule has 0 bridgehead atoms. The van der Waals surface area contributed by atoms with Crippen LogP contribution in [0.2, 0.25) is 0 Å². The standard InChI is InChI=1S/C18H17BrFIN4OS/c19-13-9-11(20)1-2-12(13)16-15(21)14(10-25-4-6-26-7-5-25)23-17(24-16)18-22-3-8-27-18/h1-3,8-9,16H,4-7,10H2,(H,23,24). The largest absolute Gasteiger partial charge is 0.379 e. The van der Waals surface area contributed by atoms with Crippen LogP contribution in [0.25, 0.3) is 0 Å². The number of amidine groups is 1. The smallest absolute Gasteiger partial charge is 0.163 e. The van der Waals surface area contributed by atoms with Crippen LogP contribution in [0.4, 0.5) is 4.39 Å². The van der Waals surface area contributed by atoms with Crippen molar-refractivity contribution in [1.29, 1.82) is 0 Å². The normalized spacial score (nSPS) is 21.1. The summed E-state index contributed by atoms with van der Waals surface area (Å²) in [7, 11) is 0. The molecule has 9 heteroatoms. The fraction of sp³-hybridized carbons (Fsp3) is 0.333. The number of aliphatic imine (C=N–C) groups is 1. The third-order valence-corrected chi connectivity index (χ3v) is 7.14. The van der Waals surface area contributed by atoms with E-state index < -0.39 is 0 Å². The van der Waals surface area contributed by atoms with Crippen LogP contribution in [0.15, 0.2) is 48.5 Å². The summed E-state index contributed by atoms with van der Waals surface area (Å²) in [6, 6.07) is 4.56. The first-order chi connectivity index (χ1) is 13.1. The van der Waals surface area contributed by atoms with E-state index in [4.69, 9.17) is 9.73 Å². The van der Waals surface area contributed by atoms with Gasteiger partial charge in [0.05, 0.1) is 13.2 Å². The summed E-state index contributed by atoms with van der Waals surface area (Å²) in [5, 5.41) is 6.27. The fourth-order valence-electron chi connectivity index (χ4n) is 3.06. The van der Waals surface area contributed by atoms with Crippen molar-refractivity contribution in [3.63, 3.8) is 0 Å². The fourth-order valence-corrected chi connectivity index (χ4v) is 5.00. The molecular formula is C18H17BrFIN4OS. The number of rotatable bonds is 4. The van der Waals surface area contributed by atoms with Crippen molar-refractivity contribution in [3.05, 3.63) is 59.9 Å². The van der Waals surface area contributed by atoms with Gasteiger partial charge in [-0.1, -0.05) is 22.0 Å². The topological polar surface area (TPSA) is 49.8 Å². The van der Waals surface area contributed by atoms with E-state index in [-0.39, 0.29) is 11.9 Å². The molecule has 0 radical (unpaired) electrons. The molecule has 0 aliphatic carbocycles. The van der Waals surface area contributed by atoms with E-state index in [1.807, 2.05) is 5.38 Å². The molecule has 1 unspecified atom stereocenters. The number of nitrogens with one attached hydrogen (secondary N) is 1. The molecule has 0 spiro atoms. The van der Waals surface area contributed by atoms with E-state index in [0.717, 1.165) is 63.0 Å². The Hall–Kier alpha value is -0.880. The lowest BCUT2D eigenvalue weighted by Gasteiger charge is -2.31. The molecule has 27 heavy (non-hydrogen) atoms. The first-order valence-corrected chi connectivity index (χ1v) is 11.3. The van der Waals surface area contributed by atoms with E-state index >= 15 is 0 Å². The molecule has 2 aliphatic heterocycles. The van der Waals surface area contributed by atoms with Gasteiger partial charge in [0, 0.05) is 45.0 Å². The maximum absolute atomic E-state index is 13.6. The number of nitrogens with zero attached hydrogens (tertiary/aromatic N) is 3. The maximum atomic E-state index is 13.6. The van der Waals surface area contributed by atoms with Gasteiger partial charge in [0.15, 0.2) is 10.8 Å². The van der Waals surface area contributed by atoms with E-state index in [1.165, 1.54) is 12.1 Å². The minimum atomic E-state index is -0.267. The maximum Gasteiger partial charge on any atom is 0.163 e. The van der Waals surface area contributed by atoms with Gasteiger partial charge in [-0.15, -0.1) is 11.3 Å². The lowest BCUT2D eigenvalue weighted by molar-refractivity contribution is 0.0418. The SMILES string of the molecule is Fc1ccc(C2N=C(c3nccs3)NC(CN3CCOCC3)=C2I)c(Br)c1. The molecule has 1 fully saturated rings. The molecular weight excluding hydrogens is 546 g/mol. The van der Waals surface area contributed by atoms with Crippen molar-refractivity contribution < 1.29 is 9.13 Å².